The van der Waals surface area contributed by atoms with Gasteiger partial charge in [-0.2, -0.15) is 0 Å². The van der Waals surface area contributed by atoms with Crippen LogP contribution in [0.4, 0.5) is 0 Å². The van der Waals surface area contributed by atoms with Gasteiger partial charge in [-0.25, -0.2) is 9.97 Å². The fourth-order valence-electron chi connectivity index (χ4n) is 2.94. The molecule has 0 saturated carbocycles. The molecule has 0 atom stereocenters. The molecule has 3 nitrogen and oxygen atoms in total. The minimum atomic E-state index is 0.816. The van der Waals surface area contributed by atoms with Crippen LogP contribution in [0, 0.1) is 13.8 Å². The lowest BCUT2D eigenvalue weighted by molar-refractivity contribution is 0.955. The molecule has 94 valence electrons. The van der Waals surface area contributed by atoms with Crippen molar-refractivity contribution in [3.8, 4) is 11.3 Å². The lowest BCUT2D eigenvalue weighted by atomic mass is 10.1. The standard InChI is InChI=1S/C15H12BrN3/c1-8-5-9(2)19-13-7-10-6-11(16)3-4-12(10)14(13)18-15(19)17-8/h3-6H,7H2,1-2H3. The number of benzene rings is 1. The fraction of sp³-hybridized carbons (Fsp3) is 0.200. The summed E-state index contributed by atoms with van der Waals surface area (Å²) in [4.78, 5) is 9.26. The van der Waals surface area contributed by atoms with Gasteiger partial charge in [0.1, 0.15) is 0 Å². The molecule has 0 spiro atoms. The first-order chi connectivity index (χ1) is 9.13. The van der Waals surface area contributed by atoms with E-state index < -0.39 is 0 Å². The predicted octanol–water partition coefficient (Wildman–Crippen LogP) is 3.68. The SMILES string of the molecule is Cc1cc(C)n2c3c(nc2n1)-c1ccc(Br)cc1C3. The molecule has 0 fully saturated rings. The number of aromatic nitrogens is 3. The van der Waals surface area contributed by atoms with E-state index in [1.807, 2.05) is 6.92 Å². The van der Waals surface area contributed by atoms with E-state index in [0.29, 0.717) is 0 Å². The molecular weight excluding hydrogens is 302 g/mol. The number of hydrogen-bond acceptors (Lipinski definition) is 2. The number of nitrogens with zero attached hydrogens (tertiary/aromatic N) is 3. The van der Waals surface area contributed by atoms with Crippen molar-refractivity contribution in [3.63, 3.8) is 0 Å². The third kappa shape index (κ3) is 1.49. The highest BCUT2D eigenvalue weighted by molar-refractivity contribution is 9.10. The number of hydrogen-bond donors (Lipinski definition) is 0. The highest BCUT2D eigenvalue weighted by atomic mass is 79.9. The van der Waals surface area contributed by atoms with Gasteiger partial charge in [0.05, 0.1) is 11.4 Å². The average Bonchev–Trinajstić information content (AvgIpc) is 2.82. The predicted molar refractivity (Wildman–Crippen MR) is 78.4 cm³/mol. The minimum Gasteiger partial charge on any atom is -0.284 e. The van der Waals surface area contributed by atoms with Crippen molar-refractivity contribution in [2.24, 2.45) is 0 Å². The molecule has 4 heteroatoms. The second-order valence-electron chi connectivity index (χ2n) is 5.06. The Balaban J connectivity index is 2.07. The van der Waals surface area contributed by atoms with E-state index in [1.54, 1.807) is 0 Å². The fourth-order valence-corrected chi connectivity index (χ4v) is 3.35. The first-order valence-corrected chi connectivity index (χ1v) is 7.07. The topological polar surface area (TPSA) is 30.2 Å². The third-order valence-electron chi connectivity index (χ3n) is 3.68. The summed E-state index contributed by atoms with van der Waals surface area (Å²) in [5.41, 5.74) is 7.13. The molecule has 0 radical (unpaired) electrons. The molecule has 1 aliphatic carbocycles. The molecule has 19 heavy (non-hydrogen) atoms. The summed E-state index contributed by atoms with van der Waals surface area (Å²) in [5.74, 6) is 0.816. The van der Waals surface area contributed by atoms with Gasteiger partial charge in [-0.1, -0.05) is 22.0 Å². The Morgan fingerprint density at radius 1 is 1.16 bits per heavy atom. The van der Waals surface area contributed by atoms with Gasteiger partial charge in [-0.3, -0.25) is 4.40 Å². The van der Waals surface area contributed by atoms with E-state index in [-0.39, 0.29) is 0 Å². The lowest BCUT2D eigenvalue weighted by Crippen LogP contribution is -2.00. The Bertz CT molecular complexity index is 833. The van der Waals surface area contributed by atoms with E-state index in [9.17, 15) is 0 Å². The summed E-state index contributed by atoms with van der Waals surface area (Å²) in [5, 5.41) is 0. The Morgan fingerprint density at radius 3 is 2.84 bits per heavy atom. The monoisotopic (exact) mass is 313 g/mol. The van der Waals surface area contributed by atoms with Gasteiger partial charge in [-0.15, -0.1) is 0 Å². The zero-order chi connectivity index (χ0) is 13.1. The first kappa shape index (κ1) is 11.2. The molecule has 0 saturated heterocycles. The highest BCUT2D eigenvalue weighted by Crippen LogP contribution is 2.37. The molecule has 0 N–H and O–H groups in total. The van der Waals surface area contributed by atoms with Crippen LogP contribution in [-0.2, 0) is 6.42 Å². The van der Waals surface area contributed by atoms with Crippen molar-refractivity contribution in [1.82, 2.24) is 14.4 Å². The van der Waals surface area contributed by atoms with Crippen molar-refractivity contribution >= 4 is 21.7 Å². The Labute approximate surface area is 119 Å². The van der Waals surface area contributed by atoms with Crippen LogP contribution in [0.25, 0.3) is 17.0 Å². The third-order valence-corrected chi connectivity index (χ3v) is 4.18. The number of fused-ring (bicyclic) bond motifs is 5. The van der Waals surface area contributed by atoms with Gasteiger partial charge in [0, 0.05) is 27.8 Å². The van der Waals surface area contributed by atoms with Crippen molar-refractivity contribution in [3.05, 3.63) is 51.4 Å². The van der Waals surface area contributed by atoms with E-state index in [2.05, 4.69) is 56.5 Å². The lowest BCUT2D eigenvalue weighted by Gasteiger charge is -2.04. The van der Waals surface area contributed by atoms with Crippen LogP contribution in [-0.4, -0.2) is 14.4 Å². The first-order valence-electron chi connectivity index (χ1n) is 6.28. The van der Waals surface area contributed by atoms with Gasteiger partial charge in [0.25, 0.3) is 0 Å². The number of imidazole rings is 1. The largest absolute Gasteiger partial charge is 0.284 e. The zero-order valence-corrected chi connectivity index (χ0v) is 12.3. The zero-order valence-electron chi connectivity index (χ0n) is 10.7. The van der Waals surface area contributed by atoms with Gasteiger partial charge >= 0.3 is 0 Å². The Hall–Kier alpha value is -1.68. The molecule has 2 heterocycles. The molecule has 0 bridgehead atoms. The van der Waals surface area contributed by atoms with Crippen LogP contribution in [0.5, 0.6) is 0 Å². The summed E-state index contributed by atoms with van der Waals surface area (Å²) in [7, 11) is 0. The van der Waals surface area contributed by atoms with Crippen LogP contribution in [0.2, 0.25) is 0 Å². The highest BCUT2D eigenvalue weighted by Gasteiger charge is 2.25. The Kier molecular flexibility index (Phi) is 2.16. The van der Waals surface area contributed by atoms with E-state index in [4.69, 9.17) is 4.98 Å². The second-order valence-corrected chi connectivity index (χ2v) is 5.98. The average molecular weight is 314 g/mol. The van der Waals surface area contributed by atoms with Gasteiger partial charge < -0.3 is 0 Å². The van der Waals surface area contributed by atoms with Crippen molar-refractivity contribution in [2.75, 3.05) is 0 Å². The summed E-state index contributed by atoms with van der Waals surface area (Å²) in [6.45, 7) is 4.13. The molecule has 3 aromatic rings. The maximum Gasteiger partial charge on any atom is 0.235 e. The minimum absolute atomic E-state index is 0.816. The summed E-state index contributed by atoms with van der Waals surface area (Å²) >= 11 is 3.53. The van der Waals surface area contributed by atoms with Crippen LogP contribution >= 0.6 is 15.9 Å². The summed E-state index contributed by atoms with van der Waals surface area (Å²) in [6.07, 6.45) is 0.927. The van der Waals surface area contributed by atoms with E-state index in [1.165, 1.54) is 22.5 Å². The molecule has 0 unspecified atom stereocenters. The summed E-state index contributed by atoms with van der Waals surface area (Å²) < 4.78 is 3.30. The second kappa shape index (κ2) is 3.67. The molecule has 1 aromatic carbocycles. The molecular formula is C15H12BrN3. The maximum absolute atomic E-state index is 4.72. The van der Waals surface area contributed by atoms with E-state index >= 15 is 0 Å². The van der Waals surface area contributed by atoms with Crippen molar-refractivity contribution in [1.29, 1.82) is 0 Å². The molecule has 2 aromatic heterocycles. The van der Waals surface area contributed by atoms with Crippen LogP contribution in [0.1, 0.15) is 22.6 Å². The van der Waals surface area contributed by atoms with E-state index in [0.717, 1.165) is 28.1 Å². The molecule has 0 amide bonds. The smallest absolute Gasteiger partial charge is 0.235 e. The Morgan fingerprint density at radius 2 is 2.00 bits per heavy atom. The quantitative estimate of drug-likeness (QED) is 0.496. The van der Waals surface area contributed by atoms with Crippen molar-refractivity contribution in [2.45, 2.75) is 20.3 Å². The number of rotatable bonds is 0. The summed E-state index contributed by atoms with van der Waals surface area (Å²) in [6, 6.07) is 8.50. The number of aryl methyl sites for hydroxylation is 2. The van der Waals surface area contributed by atoms with Gasteiger partial charge in [0.2, 0.25) is 5.78 Å². The van der Waals surface area contributed by atoms with Gasteiger partial charge in [0.15, 0.2) is 0 Å². The number of halogens is 1. The van der Waals surface area contributed by atoms with Crippen LogP contribution in [0.15, 0.2) is 28.7 Å². The van der Waals surface area contributed by atoms with Crippen LogP contribution < -0.4 is 0 Å². The molecule has 1 aliphatic rings. The van der Waals surface area contributed by atoms with Crippen LogP contribution in [0.3, 0.4) is 0 Å². The normalized spacial score (nSPS) is 12.8. The maximum atomic E-state index is 4.72. The molecule has 4 rings (SSSR count). The van der Waals surface area contributed by atoms with Crippen molar-refractivity contribution < 1.29 is 0 Å². The molecule has 0 aliphatic heterocycles. The van der Waals surface area contributed by atoms with Gasteiger partial charge in [-0.05, 0) is 37.6 Å².